The molecular weight excluding hydrogens is 326 g/mol. The summed E-state index contributed by atoms with van der Waals surface area (Å²) in [6.45, 7) is 6.61. The molecule has 4 rings (SSSR count). The number of nitrogens with zero attached hydrogens (tertiary/aromatic N) is 5. The van der Waals surface area contributed by atoms with E-state index in [1.54, 1.807) is 0 Å². The predicted molar refractivity (Wildman–Crippen MR) is 102 cm³/mol. The second-order valence-electron chi connectivity index (χ2n) is 7.52. The molecule has 1 saturated heterocycles. The molecule has 138 valence electrons. The lowest BCUT2D eigenvalue weighted by Crippen LogP contribution is -2.35. The van der Waals surface area contributed by atoms with E-state index in [0.29, 0.717) is 18.5 Å². The molecule has 2 aliphatic rings. The summed E-state index contributed by atoms with van der Waals surface area (Å²) in [5.41, 5.74) is 9.06. The van der Waals surface area contributed by atoms with Crippen LogP contribution in [0.15, 0.2) is 12.1 Å². The summed E-state index contributed by atoms with van der Waals surface area (Å²) in [7, 11) is 0. The minimum absolute atomic E-state index is 0.310. The van der Waals surface area contributed by atoms with E-state index in [1.807, 2.05) is 19.9 Å². The molecule has 1 aliphatic heterocycles. The van der Waals surface area contributed by atoms with Gasteiger partial charge in [-0.05, 0) is 45.6 Å². The summed E-state index contributed by atoms with van der Waals surface area (Å²) in [5.74, 6) is 2.92. The Bertz CT molecular complexity index is 759. The highest BCUT2D eigenvalue weighted by Gasteiger charge is 2.30. The van der Waals surface area contributed by atoms with Crippen LogP contribution in [0.3, 0.4) is 0 Å². The number of nitrogens with one attached hydrogen (secondary N) is 1. The zero-order chi connectivity index (χ0) is 18.1. The van der Waals surface area contributed by atoms with Crippen molar-refractivity contribution in [1.82, 2.24) is 19.9 Å². The number of rotatable bonds is 5. The van der Waals surface area contributed by atoms with Crippen molar-refractivity contribution >= 4 is 11.8 Å². The predicted octanol–water partition coefficient (Wildman–Crippen LogP) is 2.30. The molecule has 0 bridgehead atoms. The largest absolute Gasteiger partial charge is 0.363 e. The summed E-state index contributed by atoms with van der Waals surface area (Å²) in [4.78, 5) is 20.9. The number of aryl methyl sites for hydroxylation is 2. The van der Waals surface area contributed by atoms with E-state index >= 15 is 0 Å². The first-order valence-corrected chi connectivity index (χ1v) is 9.51. The van der Waals surface area contributed by atoms with Gasteiger partial charge in [0.1, 0.15) is 11.6 Å². The molecule has 1 saturated carbocycles. The summed E-state index contributed by atoms with van der Waals surface area (Å²) >= 11 is 0. The highest BCUT2D eigenvalue weighted by molar-refractivity contribution is 5.45. The molecule has 0 amide bonds. The van der Waals surface area contributed by atoms with Crippen LogP contribution in [-0.4, -0.2) is 39.1 Å². The van der Waals surface area contributed by atoms with Crippen molar-refractivity contribution in [3.63, 3.8) is 0 Å². The maximum atomic E-state index is 5.98. The van der Waals surface area contributed by atoms with E-state index in [-0.39, 0.29) is 0 Å². The number of nitrogens with two attached hydrogens (primary N) is 1. The average Bonchev–Trinajstić information content (AvgIpc) is 3.11. The van der Waals surface area contributed by atoms with Gasteiger partial charge in [-0.2, -0.15) is 4.98 Å². The number of anilines is 2. The molecule has 0 unspecified atom stereocenters. The van der Waals surface area contributed by atoms with Gasteiger partial charge < -0.3 is 16.0 Å². The summed E-state index contributed by atoms with van der Waals surface area (Å²) in [6.07, 6.45) is 4.44. The highest BCUT2D eigenvalue weighted by atomic mass is 15.3. The quantitative estimate of drug-likeness (QED) is 0.852. The number of hydrogen-bond donors (Lipinski definition) is 2. The third-order valence-electron chi connectivity index (χ3n) is 5.17. The second kappa shape index (κ2) is 7.15. The fraction of sp³-hybridized carbons (Fsp3) is 0.579. The van der Waals surface area contributed by atoms with Crippen molar-refractivity contribution in [2.75, 3.05) is 23.3 Å². The third-order valence-corrected chi connectivity index (χ3v) is 5.17. The molecule has 2 fully saturated rings. The molecule has 1 aliphatic carbocycles. The van der Waals surface area contributed by atoms with Gasteiger partial charge in [-0.25, -0.2) is 15.0 Å². The molecule has 3 heterocycles. The van der Waals surface area contributed by atoms with Gasteiger partial charge in [-0.15, -0.1) is 0 Å². The molecule has 3 N–H and O–H groups in total. The van der Waals surface area contributed by atoms with Gasteiger partial charge >= 0.3 is 0 Å². The zero-order valence-corrected chi connectivity index (χ0v) is 15.6. The number of hydrogen-bond acceptors (Lipinski definition) is 7. The van der Waals surface area contributed by atoms with Gasteiger partial charge in [0, 0.05) is 42.5 Å². The lowest BCUT2D eigenvalue weighted by molar-refractivity contribution is 0.345. The lowest BCUT2D eigenvalue weighted by Gasteiger charge is -2.32. The molecule has 0 atom stereocenters. The minimum Gasteiger partial charge on any atom is -0.363 e. The Kier molecular flexibility index (Phi) is 4.72. The number of aromatic nitrogens is 4. The van der Waals surface area contributed by atoms with Gasteiger partial charge in [-0.3, -0.25) is 0 Å². The zero-order valence-electron chi connectivity index (χ0n) is 15.6. The fourth-order valence-electron chi connectivity index (χ4n) is 3.76. The standard InChI is InChI=1S/C19H27N7/c1-12-7-13(2)23-18(22-12)11-21-17-10-16(14-8-15(20)9-14)24-19(25-17)26-5-3-4-6-26/h7,10,14-15H,3-6,8-9,11,20H2,1-2H3,(H,21,24,25). The van der Waals surface area contributed by atoms with Crippen LogP contribution in [0, 0.1) is 13.8 Å². The van der Waals surface area contributed by atoms with E-state index in [1.165, 1.54) is 12.8 Å². The van der Waals surface area contributed by atoms with Crippen molar-refractivity contribution in [2.24, 2.45) is 5.73 Å². The molecule has 26 heavy (non-hydrogen) atoms. The Morgan fingerprint density at radius 3 is 2.38 bits per heavy atom. The van der Waals surface area contributed by atoms with Crippen molar-refractivity contribution < 1.29 is 0 Å². The molecular formula is C19H27N7. The molecule has 0 spiro atoms. The SMILES string of the molecule is Cc1cc(C)nc(CNc2cc(C3CC(N)C3)nc(N3CCCC3)n2)n1. The monoisotopic (exact) mass is 353 g/mol. The molecule has 2 aromatic rings. The first kappa shape index (κ1) is 17.1. The topological polar surface area (TPSA) is 92.8 Å². The Morgan fingerprint density at radius 1 is 1.04 bits per heavy atom. The van der Waals surface area contributed by atoms with Crippen LogP contribution >= 0.6 is 0 Å². The Hall–Kier alpha value is -2.28. The first-order valence-electron chi connectivity index (χ1n) is 9.51. The summed E-state index contributed by atoms with van der Waals surface area (Å²) in [6, 6.07) is 4.36. The van der Waals surface area contributed by atoms with Crippen LogP contribution in [0.5, 0.6) is 0 Å². The van der Waals surface area contributed by atoms with Crippen molar-refractivity contribution in [2.45, 2.75) is 58.0 Å². The van der Waals surface area contributed by atoms with Gasteiger partial charge in [0.2, 0.25) is 5.95 Å². The van der Waals surface area contributed by atoms with Crippen LogP contribution in [0.25, 0.3) is 0 Å². The van der Waals surface area contributed by atoms with E-state index in [2.05, 4.69) is 26.3 Å². The first-order chi connectivity index (χ1) is 12.6. The lowest BCUT2D eigenvalue weighted by atomic mass is 9.78. The van der Waals surface area contributed by atoms with E-state index in [0.717, 1.165) is 60.6 Å². The maximum Gasteiger partial charge on any atom is 0.227 e. The molecule has 7 heteroatoms. The normalized spacial score (nSPS) is 22.3. The molecule has 0 aromatic carbocycles. The fourth-order valence-corrected chi connectivity index (χ4v) is 3.76. The van der Waals surface area contributed by atoms with Crippen molar-refractivity contribution in [3.05, 3.63) is 35.0 Å². The second-order valence-corrected chi connectivity index (χ2v) is 7.52. The van der Waals surface area contributed by atoms with Crippen molar-refractivity contribution in [3.8, 4) is 0 Å². The van der Waals surface area contributed by atoms with E-state index in [4.69, 9.17) is 15.7 Å². The van der Waals surface area contributed by atoms with E-state index in [9.17, 15) is 0 Å². The van der Waals surface area contributed by atoms with E-state index < -0.39 is 0 Å². The average molecular weight is 353 g/mol. The van der Waals surface area contributed by atoms with Crippen LogP contribution in [0.2, 0.25) is 0 Å². The maximum absolute atomic E-state index is 5.98. The van der Waals surface area contributed by atoms with Crippen LogP contribution < -0.4 is 16.0 Å². The van der Waals surface area contributed by atoms with Gasteiger partial charge in [-0.1, -0.05) is 0 Å². The van der Waals surface area contributed by atoms with Gasteiger partial charge in [0.25, 0.3) is 0 Å². The van der Waals surface area contributed by atoms with Gasteiger partial charge in [0.05, 0.1) is 12.2 Å². The molecule has 0 radical (unpaired) electrons. The van der Waals surface area contributed by atoms with Crippen LogP contribution in [-0.2, 0) is 6.54 Å². The third kappa shape index (κ3) is 3.77. The summed E-state index contributed by atoms with van der Waals surface area (Å²) in [5, 5.41) is 3.40. The minimum atomic E-state index is 0.310. The van der Waals surface area contributed by atoms with Crippen molar-refractivity contribution in [1.29, 1.82) is 0 Å². The molecule has 7 nitrogen and oxygen atoms in total. The highest BCUT2D eigenvalue weighted by Crippen LogP contribution is 2.36. The van der Waals surface area contributed by atoms with Crippen LogP contribution in [0.1, 0.15) is 54.5 Å². The van der Waals surface area contributed by atoms with Gasteiger partial charge in [0.15, 0.2) is 0 Å². The summed E-state index contributed by atoms with van der Waals surface area (Å²) < 4.78 is 0. The Labute approximate surface area is 154 Å². The van der Waals surface area contributed by atoms with Crippen LogP contribution in [0.4, 0.5) is 11.8 Å². The molecule has 2 aromatic heterocycles. The Morgan fingerprint density at radius 2 is 1.73 bits per heavy atom. The smallest absolute Gasteiger partial charge is 0.227 e. The Balaban J connectivity index is 1.55.